The summed E-state index contributed by atoms with van der Waals surface area (Å²) in [5.41, 5.74) is 2.34. The number of carbonyl (C=O) groups excluding carboxylic acids is 1. The van der Waals surface area contributed by atoms with Gasteiger partial charge in [0.2, 0.25) is 5.91 Å². The minimum Gasteiger partial charge on any atom is -0.395 e. The maximum atomic E-state index is 12.6. The van der Waals surface area contributed by atoms with Crippen molar-refractivity contribution < 1.29 is 9.90 Å². The van der Waals surface area contributed by atoms with E-state index in [1.54, 1.807) is 30.4 Å². The Kier molecular flexibility index (Phi) is 7.38. The van der Waals surface area contributed by atoms with Crippen LogP contribution in [0.3, 0.4) is 0 Å². The minimum atomic E-state index is -0.0447. The molecule has 0 atom stereocenters. The molecule has 28 heavy (non-hydrogen) atoms. The number of benzene rings is 2. The second-order valence-electron chi connectivity index (χ2n) is 6.55. The molecule has 1 amide bonds. The Balaban J connectivity index is 1.79. The van der Waals surface area contributed by atoms with Crippen LogP contribution in [0.5, 0.6) is 0 Å². The average Bonchev–Trinajstić information content (AvgIpc) is 2.68. The topological polar surface area (TPSA) is 43.8 Å². The van der Waals surface area contributed by atoms with Crippen LogP contribution < -0.4 is 0 Å². The first-order chi connectivity index (χ1) is 13.5. The maximum absolute atomic E-state index is 12.6. The van der Waals surface area contributed by atoms with Crippen LogP contribution in [0.1, 0.15) is 5.56 Å². The van der Waals surface area contributed by atoms with Gasteiger partial charge in [0.05, 0.1) is 6.61 Å². The first kappa shape index (κ1) is 21.2. The number of halogens is 3. The molecule has 4 nitrogen and oxygen atoms in total. The molecular formula is C21H21Cl3N2O2. The molecule has 1 aliphatic rings. The van der Waals surface area contributed by atoms with Gasteiger partial charge in [0.15, 0.2) is 0 Å². The summed E-state index contributed by atoms with van der Waals surface area (Å²) in [7, 11) is 0. The molecule has 2 aromatic carbocycles. The van der Waals surface area contributed by atoms with E-state index in [1.165, 1.54) is 0 Å². The lowest BCUT2D eigenvalue weighted by Gasteiger charge is -2.33. The summed E-state index contributed by atoms with van der Waals surface area (Å²) in [5.74, 6) is -0.0447. The molecule has 7 heteroatoms. The highest BCUT2D eigenvalue weighted by Gasteiger charge is 2.19. The highest BCUT2D eigenvalue weighted by molar-refractivity contribution is 6.38. The number of nitrogens with zero attached hydrogens (tertiary/aromatic N) is 2. The highest BCUT2D eigenvalue weighted by atomic mass is 35.5. The molecule has 0 aromatic heterocycles. The zero-order chi connectivity index (χ0) is 20.1. The van der Waals surface area contributed by atoms with Crippen molar-refractivity contribution in [1.29, 1.82) is 0 Å². The Labute approximate surface area is 179 Å². The first-order valence-electron chi connectivity index (χ1n) is 9.03. The van der Waals surface area contributed by atoms with Gasteiger partial charge in [0.1, 0.15) is 0 Å². The molecule has 1 aliphatic heterocycles. The molecule has 0 bridgehead atoms. The van der Waals surface area contributed by atoms with Crippen molar-refractivity contribution >= 4 is 46.8 Å². The molecule has 0 aliphatic carbocycles. The fourth-order valence-corrected chi connectivity index (χ4v) is 4.04. The average molecular weight is 440 g/mol. The van der Waals surface area contributed by atoms with E-state index in [9.17, 15) is 4.79 Å². The monoisotopic (exact) mass is 438 g/mol. The van der Waals surface area contributed by atoms with Gasteiger partial charge in [-0.15, -0.1) is 0 Å². The SMILES string of the molecule is O=C(/C=C/c1cccc(Cl)c1-c1ccc(Cl)cc1Cl)N1CCN(CCO)CC1. The minimum absolute atomic E-state index is 0.0447. The largest absolute Gasteiger partial charge is 0.395 e. The lowest BCUT2D eigenvalue weighted by atomic mass is 9.99. The van der Waals surface area contributed by atoms with E-state index >= 15 is 0 Å². The van der Waals surface area contributed by atoms with Gasteiger partial charge in [-0.3, -0.25) is 9.69 Å². The third-order valence-corrected chi connectivity index (χ3v) is 5.61. The summed E-state index contributed by atoms with van der Waals surface area (Å²) in [6, 6.07) is 10.8. The van der Waals surface area contributed by atoms with Crippen LogP contribution in [0.2, 0.25) is 15.1 Å². The van der Waals surface area contributed by atoms with E-state index in [2.05, 4.69) is 4.90 Å². The second kappa shape index (κ2) is 9.77. The Morgan fingerprint density at radius 3 is 2.46 bits per heavy atom. The van der Waals surface area contributed by atoms with Crippen molar-refractivity contribution in [3.63, 3.8) is 0 Å². The fraction of sp³-hybridized carbons (Fsp3) is 0.286. The summed E-state index contributed by atoms with van der Waals surface area (Å²) >= 11 is 18.8. The number of aliphatic hydroxyl groups excluding tert-OH is 1. The predicted molar refractivity (Wildman–Crippen MR) is 116 cm³/mol. The number of β-amino-alcohol motifs (C(OH)–C–C–N with tert-alkyl or cyclic N) is 1. The van der Waals surface area contributed by atoms with Gasteiger partial charge in [-0.05, 0) is 29.8 Å². The van der Waals surface area contributed by atoms with Gasteiger partial charge in [-0.1, -0.05) is 53.0 Å². The number of amides is 1. The Morgan fingerprint density at radius 2 is 1.79 bits per heavy atom. The Hall–Kier alpha value is -1.56. The lowest BCUT2D eigenvalue weighted by Crippen LogP contribution is -2.48. The summed E-state index contributed by atoms with van der Waals surface area (Å²) < 4.78 is 0. The lowest BCUT2D eigenvalue weighted by molar-refractivity contribution is -0.127. The van der Waals surface area contributed by atoms with Crippen molar-refractivity contribution in [3.8, 4) is 11.1 Å². The smallest absolute Gasteiger partial charge is 0.246 e. The number of aliphatic hydroxyl groups is 1. The normalized spacial score (nSPS) is 15.4. The zero-order valence-corrected chi connectivity index (χ0v) is 17.5. The molecule has 0 spiro atoms. The summed E-state index contributed by atoms with van der Waals surface area (Å²) in [4.78, 5) is 16.5. The van der Waals surface area contributed by atoms with Gasteiger partial charge in [0, 0.05) is 65.0 Å². The molecule has 3 rings (SSSR count). The maximum Gasteiger partial charge on any atom is 0.246 e. The predicted octanol–water partition coefficient (Wildman–Crippen LogP) is 4.46. The van der Waals surface area contributed by atoms with Gasteiger partial charge < -0.3 is 10.0 Å². The quantitative estimate of drug-likeness (QED) is 0.699. The molecule has 1 heterocycles. The second-order valence-corrected chi connectivity index (χ2v) is 7.80. The first-order valence-corrected chi connectivity index (χ1v) is 10.2. The molecule has 0 saturated carbocycles. The third kappa shape index (κ3) is 5.07. The van der Waals surface area contributed by atoms with Crippen LogP contribution in [0, 0.1) is 0 Å². The molecular weight excluding hydrogens is 419 g/mol. The van der Waals surface area contributed by atoms with Gasteiger partial charge in [-0.2, -0.15) is 0 Å². The van der Waals surface area contributed by atoms with Gasteiger partial charge in [0.25, 0.3) is 0 Å². The number of hydrogen-bond acceptors (Lipinski definition) is 3. The van der Waals surface area contributed by atoms with Crippen LogP contribution in [0.15, 0.2) is 42.5 Å². The molecule has 0 unspecified atom stereocenters. The van der Waals surface area contributed by atoms with Gasteiger partial charge in [-0.25, -0.2) is 0 Å². The van der Waals surface area contributed by atoms with Crippen LogP contribution in [-0.4, -0.2) is 60.1 Å². The van der Waals surface area contributed by atoms with E-state index in [0.29, 0.717) is 34.7 Å². The van der Waals surface area contributed by atoms with Crippen molar-refractivity contribution in [2.45, 2.75) is 0 Å². The number of hydrogen-bond donors (Lipinski definition) is 1. The summed E-state index contributed by atoms with van der Waals surface area (Å²) in [5, 5.41) is 10.6. The number of piperazine rings is 1. The molecule has 1 saturated heterocycles. The molecule has 0 radical (unpaired) electrons. The Bertz CT molecular complexity index is 878. The standard InChI is InChI=1S/C21H21Cl3N2O2/c22-16-5-6-17(19(24)14-16)21-15(2-1-3-18(21)23)4-7-20(28)26-10-8-25(9-11-26)12-13-27/h1-7,14,27H,8-13H2/b7-4+. The summed E-state index contributed by atoms with van der Waals surface area (Å²) in [6.07, 6.45) is 3.34. The van der Waals surface area contributed by atoms with Gasteiger partial charge >= 0.3 is 0 Å². The zero-order valence-electron chi connectivity index (χ0n) is 15.2. The molecule has 148 valence electrons. The van der Waals surface area contributed by atoms with Crippen LogP contribution in [0.4, 0.5) is 0 Å². The van der Waals surface area contributed by atoms with Crippen molar-refractivity contribution in [2.75, 3.05) is 39.3 Å². The fourth-order valence-electron chi connectivity index (χ4n) is 3.26. The van der Waals surface area contributed by atoms with Crippen LogP contribution >= 0.6 is 34.8 Å². The number of carbonyl (C=O) groups is 1. The van der Waals surface area contributed by atoms with E-state index in [4.69, 9.17) is 39.9 Å². The Morgan fingerprint density at radius 1 is 1.04 bits per heavy atom. The molecule has 2 aromatic rings. The summed E-state index contributed by atoms with van der Waals surface area (Å²) in [6.45, 7) is 3.61. The van der Waals surface area contributed by atoms with Crippen LogP contribution in [0.25, 0.3) is 17.2 Å². The van der Waals surface area contributed by atoms with E-state index in [0.717, 1.165) is 29.8 Å². The third-order valence-electron chi connectivity index (χ3n) is 4.75. The van der Waals surface area contributed by atoms with Crippen molar-refractivity contribution in [1.82, 2.24) is 9.80 Å². The molecule has 1 N–H and O–H groups in total. The highest BCUT2D eigenvalue weighted by Crippen LogP contribution is 2.37. The van der Waals surface area contributed by atoms with Crippen LogP contribution in [-0.2, 0) is 4.79 Å². The van der Waals surface area contributed by atoms with E-state index in [-0.39, 0.29) is 12.5 Å². The van der Waals surface area contributed by atoms with E-state index in [1.807, 2.05) is 23.1 Å². The van der Waals surface area contributed by atoms with Crippen molar-refractivity contribution in [2.24, 2.45) is 0 Å². The number of rotatable bonds is 5. The molecule has 1 fully saturated rings. The van der Waals surface area contributed by atoms with Crippen molar-refractivity contribution in [3.05, 3.63) is 63.1 Å². The van der Waals surface area contributed by atoms with E-state index < -0.39 is 0 Å².